The summed E-state index contributed by atoms with van der Waals surface area (Å²) in [4.78, 5) is 14.2. The van der Waals surface area contributed by atoms with Crippen molar-refractivity contribution in [2.45, 2.75) is 64.2 Å². The van der Waals surface area contributed by atoms with E-state index in [4.69, 9.17) is 14.2 Å². The number of unbranched alkanes of at least 4 members (excludes halogenated alkanes) is 2. The van der Waals surface area contributed by atoms with Crippen LogP contribution in [0.3, 0.4) is 0 Å². The van der Waals surface area contributed by atoms with Crippen LogP contribution in [0.2, 0.25) is 0 Å². The highest BCUT2D eigenvalue weighted by Crippen LogP contribution is 2.48. The number of carbonyl (C=O) groups excluding carboxylic acids is 1. The average Bonchev–Trinajstić information content (AvgIpc) is 2.97. The Balaban J connectivity index is 2.17. The number of carbonyl (C=O) groups is 1. The Morgan fingerprint density at radius 3 is 2.25 bits per heavy atom. The third kappa shape index (κ3) is 6.52. The molecule has 8 heteroatoms. The minimum absolute atomic E-state index is 0.0694. The summed E-state index contributed by atoms with van der Waals surface area (Å²) in [5, 5.41) is 0. The molecule has 0 saturated carbocycles. The van der Waals surface area contributed by atoms with Crippen molar-refractivity contribution in [1.82, 2.24) is 0 Å². The molecule has 0 saturated heterocycles. The van der Waals surface area contributed by atoms with Gasteiger partial charge in [0.05, 0.1) is 30.1 Å². The Bertz CT molecular complexity index is 1110. The summed E-state index contributed by atoms with van der Waals surface area (Å²) in [6.07, 6.45) is 5.62. The summed E-state index contributed by atoms with van der Waals surface area (Å²) in [5.74, 6) is 0.112. The molecule has 0 spiro atoms. The molecule has 0 fully saturated rings. The van der Waals surface area contributed by atoms with Gasteiger partial charge in [0, 0.05) is 29.8 Å². The summed E-state index contributed by atoms with van der Waals surface area (Å²) in [6.45, 7) is 6.50. The van der Waals surface area contributed by atoms with Gasteiger partial charge in [0.25, 0.3) is 0 Å². The lowest BCUT2D eigenvalue weighted by atomic mass is 9.79. The fraction of sp³-hybridized carbons (Fsp3) is 0.536. The van der Waals surface area contributed by atoms with E-state index in [1.165, 1.54) is 13.2 Å². The minimum atomic E-state index is -3.68. The SMILES string of the molecule is CCCCC1(CCCC)CN(c2ccccc2)c2cc(OC)c(OCC(=O)OCC)cc2S(=O)(=O)C1. The van der Waals surface area contributed by atoms with Crippen LogP contribution in [0.1, 0.15) is 59.3 Å². The highest BCUT2D eigenvalue weighted by atomic mass is 32.2. The van der Waals surface area contributed by atoms with Gasteiger partial charge in [-0.2, -0.15) is 0 Å². The first-order chi connectivity index (χ1) is 17.3. The van der Waals surface area contributed by atoms with E-state index < -0.39 is 15.8 Å². The number of hydrogen-bond acceptors (Lipinski definition) is 7. The molecule has 0 aliphatic carbocycles. The lowest BCUT2D eigenvalue weighted by Crippen LogP contribution is -2.38. The predicted octanol–water partition coefficient (Wildman–Crippen LogP) is 5.93. The van der Waals surface area contributed by atoms with Crippen molar-refractivity contribution in [3.63, 3.8) is 0 Å². The molecule has 0 amide bonds. The van der Waals surface area contributed by atoms with Gasteiger partial charge in [-0.3, -0.25) is 0 Å². The number of esters is 1. The fourth-order valence-electron chi connectivity index (χ4n) is 4.92. The van der Waals surface area contributed by atoms with Crippen LogP contribution in [-0.2, 0) is 19.4 Å². The van der Waals surface area contributed by atoms with E-state index in [0.717, 1.165) is 44.2 Å². The quantitative estimate of drug-likeness (QED) is 0.323. The normalized spacial score (nSPS) is 16.1. The maximum Gasteiger partial charge on any atom is 0.344 e. The molecule has 1 aliphatic rings. The number of para-hydroxylation sites is 1. The molecule has 2 aromatic rings. The van der Waals surface area contributed by atoms with Crippen molar-refractivity contribution in [3.05, 3.63) is 42.5 Å². The second kappa shape index (κ2) is 12.5. The van der Waals surface area contributed by atoms with Crippen LogP contribution in [0, 0.1) is 5.41 Å². The summed E-state index contributed by atoms with van der Waals surface area (Å²) in [7, 11) is -2.17. The fourth-order valence-corrected chi connectivity index (χ4v) is 7.03. The Labute approximate surface area is 215 Å². The van der Waals surface area contributed by atoms with Gasteiger partial charge in [0.2, 0.25) is 0 Å². The van der Waals surface area contributed by atoms with Gasteiger partial charge in [-0.25, -0.2) is 13.2 Å². The number of anilines is 2. The second-order valence-electron chi connectivity index (χ2n) is 9.45. The van der Waals surface area contributed by atoms with Gasteiger partial charge >= 0.3 is 5.97 Å². The lowest BCUT2D eigenvalue weighted by Gasteiger charge is -2.37. The first-order valence-electron chi connectivity index (χ1n) is 12.8. The molecule has 36 heavy (non-hydrogen) atoms. The van der Waals surface area contributed by atoms with Crippen molar-refractivity contribution in [2.75, 3.05) is 37.5 Å². The van der Waals surface area contributed by atoms with Crippen LogP contribution in [0.4, 0.5) is 11.4 Å². The number of benzene rings is 2. The molecule has 0 atom stereocenters. The molecule has 0 unspecified atom stereocenters. The van der Waals surface area contributed by atoms with E-state index in [9.17, 15) is 13.2 Å². The number of ether oxygens (including phenoxy) is 3. The molecule has 7 nitrogen and oxygen atoms in total. The van der Waals surface area contributed by atoms with E-state index in [-0.39, 0.29) is 35.0 Å². The van der Waals surface area contributed by atoms with Crippen molar-refractivity contribution < 1.29 is 27.4 Å². The number of nitrogens with zero attached hydrogens (tertiary/aromatic N) is 1. The zero-order chi connectivity index (χ0) is 26.2. The Morgan fingerprint density at radius 2 is 1.67 bits per heavy atom. The monoisotopic (exact) mass is 517 g/mol. The third-order valence-corrected chi connectivity index (χ3v) is 8.69. The van der Waals surface area contributed by atoms with Crippen molar-refractivity contribution in [2.24, 2.45) is 5.41 Å². The zero-order valence-electron chi connectivity index (χ0n) is 21.9. The highest BCUT2D eigenvalue weighted by Gasteiger charge is 2.42. The largest absolute Gasteiger partial charge is 0.493 e. The molecule has 2 aromatic carbocycles. The average molecular weight is 518 g/mol. The van der Waals surface area contributed by atoms with Crippen molar-refractivity contribution in [1.29, 1.82) is 0 Å². The van der Waals surface area contributed by atoms with Crippen LogP contribution in [0.5, 0.6) is 11.5 Å². The second-order valence-corrected chi connectivity index (χ2v) is 11.4. The van der Waals surface area contributed by atoms with E-state index in [0.29, 0.717) is 18.0 Å². The first-order valence-corrected chi connectivity index (χ1v) is 14.5. The molecule has 3 rings (SSSR count). The molecule has 1 aliphatic heterocycles. The maximum absolute atomic E-state index is 14.0. The summed E-state index contributed by atoms with van der Waals surface area (Å²) in [6, 6.07) is 13.1. The minimum Gasteiger partial charge on any atom is -0.493 e. The van der Waals surface area contributed by atoms with E-state index in [1.54, 1.807) is 13.0 Å². The molecule has 0 aromatic heterocycles. The van der Waals surface area contributed by atoms with Crippen LogP contribution < -0.4 is 14.4 Å². The van der Waals surface area contributed by atoms with Gasteiger partial charge in [0.15, 0.2) is 27.9 Å². The standard InChI is InChI=1S/C28H39NO6S/c1-5-8-15-28(16-9-6-2)20-29(22-13-11-10-12-14-22)23-17-24(33-4)25(35-19-27(30)34-7-3)18-26(23)36(31,32)21-28/h10-14,17-18H,5-9,15-16,19-21H2,1-4H3. The van der Waals surface area contributed by atoms with E-state index in [2.05, 4.69) is 18.7 Å². The third-order valence-electron chi connectivity index (χ3n) is 6.70. The van der Waals surface area contributed by atoms with Crippen LogP contribution >= 0.6 is 0 Å². The predicted molar refractivity (Wildman–Crippen MR) is 142 cm³/mol. The summed E-state index contributed by atoms with van der Waals surface area (Å²) in [5.41, 5.74) is 1.10. The van der Waals surface area contributed by atoms with Gasteiger partial charge < -0.3 is 19.1 Å². The van der Waals surface area contributed by atoms with Crippen molar-refractivity contribution >= 4 is 27.2 Å². The molecular formula is C28H39NO6S. The van der Waals surface area contributed by atoms with Crippen LogP contribution in [-0.4, -0.2) is 47.0 Å². The Hall–Kier alpha value is -2.74. The number of sulfone groups is 1. The molecular weight excluding hydrogens is 478 g/mol. The van der Waals surface area contributed by atoms with Gasteiger partial charge in [0.1, 0.15) is 0 Å². The topological polar surface area (TPSA) is 82.1 Å². The van der Waals surface area contributed by atoms with Gasteiger partial charge in [-0.1, -0.05) is 57.7 Å². The smallest absolute Gasteiger partial charge is 0.344 e. The summed E-state index contributed by atoms with van der Waals surface area (Å²) >= 11 is 0. The lowest BCUT2D eigenvalue weighted by molar-refractivity contribution is -0.145. The Morgan fingerprint density at radius 1 is 1.00 bits per heavy atom. The number of fused-ring (bicyclic) bond motifs is 1. The number of hydrogen-bond donors (Lipinski definition) is 0. The molecule has 0 bridgehead atoms. The maximum atomic E-state index is 14.0. The highest BCUT2D eigenvalue weighted by molar-refractivity contribution is 7.91. The van der Waals surface area contributed by atoms with E-state index in [1.807, 2.05) is 30.3 Å². The Kier molecular flexibility index (Phi) is 9.65. The summed E-state index contributed by atoms with van der Waals surface area (Å²) < 4.78 is 44.2. The first kappa shape index (κ1) is 27.8. The number of methoxy groups -OCH3 is 1. The molecule has 198 valence electrons. The molecule has 1 heterocycles. The van der Waals surface area contributed by atoms with Gasteiger partial charge in [-0.05, 0) is 31.9 Å². The molecule has 0 N–H and O–H groups in total. The van der Waals surface area contributed by atoms with Gasteiger partial charge in [-0.15, -0.1) is 0 Å². The zero-order valence-corrected chi connectivity index (χ0v) is 22.7. The van der Waals surface area contributed by atoms with Crippen molar-refractivity contribution in [3.8, 4) is 11.5 Å². The van der Waals surface area contributed by atoms with Crippen LogP contribution in [0.25, 0.3) is 0 Å². The molecule has 0 radical (unpaired) electrons. The van der Waals surface area contributed by atoms with Crippen LogP contribution in [0.15, 0.2) is 47.4 Å². The number of rotatable bonds is 12. The van der Waals surface area contributed by atoms with E-state index >= 15 is 0 Å².